The Balaban J connectivity index is 0.994. The number of hydrogen-bond acceptors (Lipinski definition) is 1. The maximum atomic E-state index is 14.4. The second kappa shape index (κ2) is 12.6. The predicted molar refractivity (Wildman–Crippen MR) is 247 cm³/mol. The van der Waals surface area contributed by atoms with Crippen molar-refractivity contribution in [2.75, 3.05) is 0 Å². The normalized spacial score (nSPS) is 14.1. The zero-order valence-electron chi connectivity index (χ0n) is 32.0. The van der Waals surface area contributed by atoms with E-state index in [1.54, 1.807) is 0 Å². The second-order valence-corrected chi connectivity index (χ2v) is 16.1. The van der Waals surface area contributed by atoms with E-state index in [9.17, 15) is 4.79 Å². The molecule has 1 aromatic heterocycles. The maximum Gasteiger partial charge on any atom is 0.263 e. The first-order chi connectivity index (χ1) is 28.6. The Morgan fingerprint density at radius 1 is 0.414 bits per heavy atom. The van der Waals surface area contributed by atoms with Crippen molar-refractivity contribution in [2.45, 2.75) is 13.3 Å². The molecule has 0 saturated heterocycles. The molecule has 0 fully saturated rings. The molecule has 0 radical (unpaired) electrons. The van der Waals surface area contributed by atoms with Crippen LogP contribution in [0, 0.1) is 5.92 Å². The highest BCUT2D eigenvalue weighted by Crippen LogP contribution is 2.41. The van der Waals surface area contributed by atoms with E-state index in [0.717, 1.165) is 45.1 Å². The molecule has 58 heavy (non-hydrogen) atoms. The lowest BCUT2D eigenvalue weighted by atomic mass is 9.83. The Morgan fingerprint density at radius 2 is 0.845 bits per heavy atom. The van der Waals surface area contributed by atoms with Crippen molar-refractivity contribution in [3.63, 3.8) is 0 Å². The number of aromatic nitrogens is 1. The van der Waals surface area contributed by atoms with Gasteiger partial charge in [0.25, 0.3) is 5.56 Å². The minimum Gasteiger partial charge on any atom is -0.276 e. The van der Waals surface area contributed by atoms with E-state index in [1.165, 1.54) is 70.6 Å². The van der Waals surface area contributed by atoms with Crippen LogP contribution in [0.5, 0.6) is 0 Å². The van der Waals surface area contributed by atoms with Gasteiger partial charge < -0.3 is 0 Å². The molecule has 0 N–H and O–H groups in total. The Bertz CT molecular complexity index is 3590. The molecule has 2 nitrogen and oxygen atoms in total. The summed E-state index contributed by atoms with van der Waals surface area (Å²) in [5.74, 6) is 0.514. The number of nitrogens with zero attached hydrogens (tertiary/aromatic N) is 1. The van der Waals surface area contributed by atoms with Gasteiger partial charge in [-0.1, -0.05) is 153 Å². The molecule has 1 aliphatic carbocycles. The van der Waals surface area contributed by atoms with Crippen LogP contribution in [-0.4, -0.2) is 4.57 Å². The fourth-order valence-corrected chi connectivity index (χ4v) is 9.94. The van der Waals surface area contributed by atoms with E-state index < -0.39 is 0 Å². The SMILES string of the molecule is CC1C=Cc2c(c3ccc(-c4ccc5c(c4)c4ccccc4c(=O)n5-c4ccc(-c5ccc6c7ccccc7c7ccccc7c6c5)cc4)cc3c3ccccc23)C1. The van der Waals surface area contributed by atoms with Crippen molar-refractivity contribution in [1.82, 2.24) is 4.57 Å². The van der Waals surface area contributed by atoms with Gasteiger partial charge in [-0.15, -0.1) is 0 Å². The Hall–Kier alpha value is -7.29. The number of pyridine rings is 1. The van der Waals surface area contributed by atoms with E-state index in [-0.39, 0.29) is 5.56 Å². The molecule has 2 heteroatoms. The third kappa shape index (κ3) is 4.88. The molecule has 1 unspecified atom stereocenters. The van der Waals surface area contributed by atoms with E-state index in [2.05, 4.69) is 177 Å². The lowest BCUT2D eigenvalue weighted by Gasteiger charge is -2.21. The molecular formula is C56H37NO. The predicted octanol–water partition coefficient (Wildman–Crippen LogP) is 14.4. The summed E-state index contributed by atoms with van der Waals surface area (Å²) in [5.41, 5.74) is 9.08. The minimum atomic E-state index is -0.0159. The van der Waals surface area contributed by atoms with Gasteiger partial charge in [-0.05, 0) is 147 Å². The highest BCUT2D eigenvalue weighted by Gasteiger charge is 2.19. The lowest BCUT2D eigenvalue weighted by Crippen LogP contribution is -2.19. The molecule has 12 rings (SSSR count). The zero-order valence-corrected chi connectivity index (χ0v) is 32.0. The van der Waals surface area contributed by atoms with Crippen LogP contribution in [0.25, 0.3) is 110 Å². The van der Waals surface area contributed by atoms with E-state index >= 15 is 0 Å². The van der Waals surface area contributed by atoms with Crippen LogP contribution < -0.4 is 5.56 Å². The van der Waals surface area contributed by atoms with Gasteiger partial charge in [0.1, 0.15) is 0 Å². The zero-order chi connectivity index (χ0) is 38.5. The summed E-state index contributed by atoms with van der Waals surface area (Å²) in [7, 11) is 0. The molecule has 1 atom stereocenters. The molecule has 0 bridgehead atoms. The number of fused-ring (bicyclic) bond motifs is 15. The average Bonchev–Trinajstić information content (AvgIpc) is 3.29. The molecule has 10 aromatic carbocycles. The molecule has 11 aromatic rings. The van der Waals surface area contributed by atoms with Crippen LogP contribution >= 0.6 is 0 Å². The molecule has 0 saturated carbocycles. The Labute approximate surface area is 335 Å². The van der Waals surface area contributed by atoms with Crippen molar-refractivity contribution >= 4 is 81.6 Å². The summed E-state index contributed by atoms with van der Waals surface area (Å²) >= 11 is 0. The van der Waals surface area contributed by atoms with Crippen LogP contribution in [0.2, 0.25) is 0 Å². The van der Waals surface area contributed by atoms with Crippen molar-refractivity contribution < 1.29 is 0 Å². The topological polar surface area (TPSA) is 22.0 Å². The Kier molecular flexibility index (Phi) is 7.15. The average molecular weight is 740 g/mol. The van der Waals surface area contributed by atoms with Gasteiger partial charge in [0.15, 0.2) is 0 Å². The molecule has 1 heterocycles. The maximum absolute atomic E-state index is 14.4. The third-order valence-electron chi connectivity index (χ3n) is 12.7. The summed E-state index contributed by atoms with van der Waals surface area (Å²) in [6.45, 7) is 2.30. The molecule has 0 amide bonds. The minimum absolute atomic E-state index is 0.0159. The standard InChI is InChI=1S/C56H37NO/c1-34-18-26-47-43-13-5-7-15-45(43)53-32-37(22-28-49(53)51(47)30-34)38-23-29-55-54(33-38)46-16-8-9-17-50(46)56(58)57(55)39-24-19-35(20-25-39)36-21-27-48-42-12-3-2-10-40(42)41-11-4-6-14-44(41)52(48)31-36/h2-29,31-34H,30H2,1H3. The monoisotopic (exact) mass is 739 g/mol. The molecular weight excluding hydrogens is 703 g/mol. The summed E-state index contributed by atoms with van der Waals surface area (Å²) < 4.78 is 1.89. The largest absolute Gasteiger partial charge is 0.276 e. The van der Waals surface area contributed by atoms with Gasteiger partial charge in [0.05, 0.1) is 5.52 Å². The van der Waals surface area contributed by atoms with Gasteiger partial charge in [-0.2, -0.15) is 0 Å². The molecule has 0 aliphatic heterocycles. The van der Waals surface area contributed by atoms with Crippen molar-refractivity contribution in [1.29, 1.82) is 0 Å². The molecule has 1 aliphatic rings. The first kappa shape index (κ1) is 32.9. The fourth-order valence-electron chi connectivity index (χ4n) is 9.94. The summed E-state index contributed by atoms with van der Waals surface area (Å²) in [5, 5.41) is 15.5. The quantitative estimate of drug-likeness (QED) is 0.165. The lowest BCUT2D eigenvalue weighted by molar-refractivity contribution is 0.722. The smallest absolute Gasteiger partial charge is 0.263 e. The molecule has 272 valence electrons. The summed E-state index contributed by atoms with van der Waals surface area (Å²) in [6.07, 6.45) is 5.72. The van der Waals surface area contributed by atoms with Crippen molar-refractivity contribution in [2.24, 2.45) is 5.92 Å². The van der Waals surface area contributed by atoms with Crippen LogP contribution in [0.3, 0.4) is 0 Å². The number of rotatable bonds is 3. The number of benzene rings is 10. The summed E-state index contributed by atoms with van der Waals surface area (Å²) in [4.78, 5) is 14.4. The fraction of sp³-hybridized carbons (Fsp3) is 0.0536. The van der Waals surface area contributed by atoms with Crippen molar-refractivity contribution in [3.05, 3.63) is 203 Å². The van der Waals surface area contributed by atoms with Crippen LogP contribution in [-0.2, 0) is 6.42 Å². The highest BCUT2D eigenvalue weighted by atomic mass is 16.1. The molecule has 0 spiro atoms. The Morgan fingerprint density at radius 3 is 1.48 bits per heavy atom. The van der Waals surface area contributed by atoms with Crippen LogP contribution in [0.1, 0.15) is 18.1 Å². The van der Waals surface area contributed by atoms with Crippen LogP contribution in [0.15, 0.2) is 187 Å². The van der Waals surface area contributed by atoms with Gasteiger partial charge >= 0.3 is 0 Å². The van der Waals surface area contributed by atoms with Gasteiger partial charge in [0, 0.05) is 16.5 Å². The van der Waals surface area contributed by atoms with Gasteiger partial charge in [0.2, 0.25) is 0 Å². The highest BCUT2D eigenvalue weighted by molar-refractivity contribution is 6.25. The van der Waals surface area contributed by atoms with E-state index in [4.69, 9.17) is 0 Å². The van der Waals surface area contributed by atoms with Crippen molar-refractivity contribution in [3.8, 4) is 27.9 Å². The van der Waals surface area contributed by atoms with Crippen LogP contribution in [0.4, 0.5) is 0 Å². The number of allylic oxidation sites excluding steroid dienone is 1. The van der Waals surface area contributed by atoms with E-state index in [1.807, 2.05) is 22.8 Å². The van der Waals surface area contributed by atoms with Gasteiger partial charge in [-0.25, -0.2) is 0 Å². The summed E-state index contributed by atoms with van der Waals surface area (Å²) in [6, 6.07) is 63.1. The first-order valence-electron chi connectivity index (χ1n) is 20.3. The van der Waals surface area contributed by atoms with Gasteiger partial charge in [-0.3, -0.25) is 9.36 Å². The second-order valence-electron chi connectivity index (χ2n) is 16.1. The third-order valence-corrected chi connectivity index (χ3v) is 12.7. The first-order valence-corrected chi connectivity index (χ1v) is 20.3. The number of hydrogen-bond donors (Lipinski definition) is 0. The van der Waals surface area contributed by atoms with E-state index in [0.29, 0.717) is 11.3 Å².